The van der Waals surface area contributed by atoms with Gasteiger partial charge in [-0.05, 0) is 60.5 Å². The highest BCUT2D eigenvalue weighted by Gasteiger charge is 2.21. The maximum Gasteiger partial charge on any atom is 0.219 e. The van der Waals surface area contributed by atoms with Gasteiger partial charge in [-0.15, -0.1) is 0 Å². The summed E-state index contributed by atoms with van der Waals surface area (Å²) in [5, 5.41) is 5.35. The Hall–Kier alpha value is -4.89. The van der Waals surface area contributed by atoms with Crippen molar-refractivity contribution < 1.29 is 14.3 Å². The van der Waals surface area contributed by atoms with Crippen LogP contribution in [0.1, 0.15) is 27.2 Å². The van der Waals surface area contributed by atoms with Crippen molar-refractivity contribution in [2.75, 3.05) is 32.0 Å². The van der Waals surface area contributed by atoms with Gasteiger partial charge in [0.1, 0.15) is 11.6 Å². The lowest BCUT2D eigenvalue weighted by molar-refractivity contribution is 0.0641. The number of benzene rings is 2. The summed E-state index contributed by atoms with van der Waals surface area (Å²) in [6.07, 6.45) is 3.18. The van der Waals surface area contributed by atoms with E-state index in [4.69, 9.17) is 15.2 Å². The fourth-order valence-electron chi connectivity index (χ4n) is 4.78. The Morgan fingerprint density at radius 3 is 2.72 bits per heavy atom. The van der Waals surface area contributed by atoms with E-state index in [2.05, 4.69) is 26.5 Å². The third kappa shape index (κ3) is 4.75. The number of morpholine rings is 1. The van der Waals surface area contributed by atoms with Crippen LogP contribution < -0.4 is 10.5 Å². The first-order valence-corrected chi connectivity index (χ1v) is 12.7. The number of ketones is 1. The SMILES string of the molecule is C=C(c1ccc2[nH]c(C(=O)c3cnn(-c4ccc(Oc5ccccn5)cc4C)c3N)cc2c1)N1CCOCC1. The van der Waals surface area contributed by atoms with E-state index in [-0.39, 0.29) is 11.6 Å². The number of nitrogens with one attached hydrogen (secondary N) is 1. The van der Waals surface area contributed by atoms with Crippen molar-refractivity contribution in [3.05, 3.63) is 102 Å². The van der Waals surface area contributed by atoms with Crippen molar-refractivity contribution in [1.82, 2.24) is 24.6 Å². The normalized spacial score (nSPS) is 13.5. The zero-order valence-electron chi connectivity index (χ0n) is 21.6. The average Bonchev–Trinajstić information content (AvgIpc) is 3.56. The van der Waals surface area contributed by atoms with Crippen LogP contribution in [0.15, 0.2) is 79.6 Å². The van der Waals surface area contributed by atoms with Crippen LogP contribution in [0.3, 0.4) is 0 Å². The minimum atomic E-state index is -0.226. The molecule has 0 unspecified atom stereocenters. The summed E-state index contributed by atoms with van der Waals surface area (Å²) in [7, 11) is 0. The number of anilines is 1. The maximum atomic E-state index is 13.5. The summed E-state index contributed by atoms with van der Waals surface area (Å²) < 4.78 is 12.8. The minimum Gasteiger partial charge on any atom is -0.439 e. The molecule has 0 aliphatic carbocycles. The number of pyridine rings is 1. The van der Waals surface area contributed by atoms with Crippen molar-refractivity contribution in [1.29, 1.82) is 0 Å². The van der Waals surface area contributed by atoms with Crippen molar-refractivity contribution in [2.24, 2.45) is 0 Å². The molecule has 9 heteroatoms. The Bertz CT molecular complexity index is 1680. The lowest BCUT2D eigenvalue weighted by Gasteiger charge is -2.30. The highest BCUT2D eigenvalue weighted by molar-refractivity contribution is 6.12. The van der Waals surface area contributed by atoms with Crippen LogP contribution in [-0.2, 0) is 4.74 Å². The largest absolute Gasteiger partial charge is 0.439 e. The number of carbonyl (C=O) groups excluding carboxylic acids is 1. The molecular weight excluding hydrogens is 492 g/mol. The molecule has 0 bridgehead atoms. The molecule has 3 N–H and O–H groups in total. The molecule has 3 aromatic heterocycles. The minimum absolute atomic E-state index is 0.226. The zero-order valence-corrected chi connectivity index (χ0v) is 21.6. The van der Waals surface area contributed by atoms with Gasteiger partial charge in [0.15, 0.2) is 0 Å². The number of carbonyl (C=O) groups is 1. The van der Waals surface area contributed by atoms with E-state index < -0.39 is 0 Å². The van der Waals surface area contributed by atoms with Crippen LogP contribution in [0.5, 0.6) is 11.6 Å². The fourth-order valence-corrected chi connectivity index (χ4v) is 4.78. The predicted octanol–water partition coefficient (Wildman–Crippen LogP) is 4.97. The molecule has 4 heterocycles. The van der Waals surface area contributed by atoms with E-state index in [1.54, 1.807) is 16.9 Å². The monoisotopic (exact) mass is 520 g/mol. The van der Waals surface area contributed by atoms with Crippen molar-refractivity contribution >= 4 is 28.2 Å². The van der Waals surface area contributed by atoms with Gasteiger partial charge in [-0.25, -0.2) is 9.67 Å². The molecule has 0 spiro atoms. The lowest BCUT2D eigenvalue weighted by atomic mass is 10.1. The molecule has 1 fully saturated rings. The van der Waals surface area contributed by atoms with Crippen LogP contribution in [0, 0.1) is 6.92 Å². The summed E-state index contributed by atoms with van der Waals surface area (Å²) in [6, 6.07) is 18.9. The summed E-state index contributed by atoms with van der Waals surface area (Å²) in [6.45, 7) is 9.23. The van der Waals surface area contributed by atoms with E-state index in [0.717, 1.165) is 46.5 Å². The molecule has 0 radical (unpaired) electrons. The molecule has 39 heavy (non-hydrogen) atoms. The molecule has 0 saturated carbocycles. The number of nitrogen functional groups attached to an aromatic ring is 1. The van der Waals surface area contributed by atoms with Crippen LogP contribution in [-0.4, -0.2) is 56.7 Å². The number of aryl methyl sites for hydroxylation is 1. The van der Waals surface area contributed by atoms with Crippen LogP contribution in [0.4, 0.5) is 5.82 Å². The molecule has 0 atom stereocenters. The fraction of sp³-hybridized carbons (Fsp3) is 0.167. The van der Waals surface area contributed by atoms with E-state index in [0.29, 0.717) is 36.1 Å². The van der Waals surface area contributed by atoms with Crippen LogP contribution in [0.25, 0.3) is 22.3 Å². The molecule has 0 amide bonds. The van der Waals surface area contributed by atoms with Gasteiger partial charge in [0.05, 0.1) is 36.4 Å². The molecule has 9 nitrogen and oxygen atoms in total. The summed E-state index contributed by atoms with van der Waals surface area (Å²) in [5.41, 5.74) is 11.7. The number of H-pyrrole nitrogens is 1. The maximum absolute atomic E-state index is 13.5. The van der Waals surface area contributed by atoms with Gasteiger partial charge in [-0.3, -0.25) is 4.79 Å². The van der Waals surface area contributed by atoms with E-state index in [1.807, 2.05) is 61.5 Å². The predicted molar refractivity (Wildman–Crippen MR) is 150 cm³/mol. The number of rotatable bonds is 7. The number of nitrogens with zero attached hydrogens (tertiary/aromatic N) is 4. The summed E-state index contributed by atoms with van der Waals surface area (Å²) >= 11 is 0. The summed E-state index contributed by atoms with van der Waals surface area (Å²) in [5.74, 6) is 1.19. The number of nitrogens with two attached hydrogens (primary N) is 1. The molecular formula is C30H28N6O3. The summed E-state index contributed by atoms with van der Waals surface area (Å²) in [4.78, 5) is 23.1. The highest BCUT2D eigenvalue weighted by Crippen LogP contribution is 2.29. The number of aromatic amines is 1. The first-order chi connectivity index (χ1) is 19.0. The lowest BCUT2D eigenvalue weighted by Crippen LogP contribution is -2.34. The quantitative estimate of drug-likeness (QED) is 0.292. The average molecular weight is 521 g/mol. The Morgan fingerprint density at radius 2 is 1.95 bits per heavy atom. The van der Waals surface area contributed by atoms with Crippen molar-refractivity contribution in [3.63, 3.8) is 0 Å². The Labute approximate surface area is 225 Å². The molecule has 196 valence electrons. The number of hydrogen-bond donors (Lipinski definition) is 2. The topological polar surface area (TPSA) is 111 Å². The van der Waals surface area contributed by atoms with Gasteiger partial charge >= 0.3 is 0 Å². The molecule has 1 aliphatic rings. The van der Waals surface area contributed by atoms with Crippen LogP contribution >= 0.6 is 0 Å². The number of ether oxygens (including phenoxy) is 2. The molecule has 6 rings (SSSR count). The second-order valence-electron chi connectivity index (χ2n) is 9.43. The number of fused-ring (bicyclic) bond motifs is 1. The number of aromatic nitrogens is 4. The van der Waals surface area contributed by atoms with E-state index in [9.17, 15) is 4.79 Å². The molecule has 1 saturated heterocycles. The highest BCUT2D eigenvalue weighted by atomic mass is 16.5. The second-order valence-corrected chi connectivity index (χ2v) is 9.43. The second kappa shape index (κ2) is 10.1. The van der Waals surface area contributed by atoms with E-state index >= 15 is 0 Å². The van der Waals surface area contributed by atoms with Gasteiger partial charge in [-0.1, -0.05) is 18.7 Å². The van der Waals surface area contributed by atoms with Gasteiger partial charge in [0.2, 0.25) is 11.7 Å². The molecule has 5 aromatic rings. The Balaban J connectivity index is 1.24. The van der Waals surface area contributed by atoms with Crippen molar-refractivity contribution in [3.8, 4) is 17.3 Å². The van der Waals surface area contributed by atoms with E-state index in [1.165, 1.54) is 6.20 Å². The van der Waals surface area contributed by atoms with Gasteiger partial charge in [0.25, 0.3) is 0 Å². The van der Waals surface area contributed by atoms with Gasteiger partial charge < -0.3 is 25.1 Å². The Kier molecular flexibility index (Phi) is 6.34. The molecule has 2 aromatic carbocycles. The molecule has 1 aliphatic heterocycles. The Morgan fingerprint density at radius 1 is 1.10 bits per heavy atom. The first-order valence-electron chi connectivity index (χ1n) is 12.7. The zero-order chi connectivity index (χ0) is 26.9. The first kappa shape index (κ1) is 24.4. The van der Waals surface area contributed by atoms with Crippen LogP contribution in [0.2, 0.25) is 0 Å². The van der Waals surface area contributed by atoms with Gasteiger partial charge in [0, 0.05) is 42.0 Å². The third-order valence-electron chi connectivity index (χ3n) is 6.90. The van der Waals surface area contributed by atoms with Gasteiger partial charge in [-0.2, -0.15) is 5.10 Å². The smallest absolute Gasteiger partial charge is 0.219 e. The number of hydrogen-bond acceptors (Lipinski definition) is 7. The third-order valence-corrected chi connectivity index (χ3v) is 6.90. The standard InChI is InChI=1S/C30H28N6O3/c1-19-15-23(39-28-5-3-4-10-32-28)7-9-27(19)36-30(31)24(18-33-36)29(37)26-17-22-16-21(6-8-25(22)34-26)20(2)35-11-13-38-14-12-35/h3-10,15-18,34H,2,11-14,31H2,1H3. The van der Waals surface area contributed by atoms with Crippen molar-refractivity contribution in [2.45, 2.75) is 6.92 Å².